The summed E-state index contributed by atoms with van der Waals surface area (Å²) < 4.78 is 5.90. The van der Waals surface area contributed by atoms with E-state index in [9.17, 15) is 0 Å². The molecule has 0 radical (unpaired) electrons. The highest BCUT2D eigenvalue weighted by molar-refractivity contribution is 6.02. The minimum absolute atomic E-state index is 0.0466. The Labute approximate surface area is 114 Å². The van der Waals surface area contributed by atoms with Crippen molar-refractivity contribution in [2.45, 2.75) is 39.2 Å². The zero-order valence-corrected chi connectivity index (χ0v) is 11.5. The van der Waals surface area contributed by atoms with Gasteiger partial charge in [0, 0.05) is 5.56 Å². The highest BCUT2D eigenvalue weighted by Gasteiger charge is 2.13. The second-order valence-corrected chi connectivity index (χ2v) is 4.48. The van der Waals surface area contributed by atoms with Crippen LogP contribution in [0.1, 0.15) is 44.2 Å². The number of nitrogens with one attached hydrogen (secondary N) is 2. The van der Waals surface area contributed by atoms with Gasteiger partial charge in [0.2, 0.25) is 0 Å². The first-order chi connectivity index (χ1) is 8.99. The molecule has 6 N–H and O–H groups in total. The molecular formula is C14H22N4O. The molecule has 0 heterocycles. The van der Waals surface area contributed by atoms with Gasteiger partial charge in [0.05, 0.1) is 11.7 Å². The molecule has 0 amide bonds. The Morgan fingerprint density at radius 3 is 2.37 bits per heavy atom. The van der Waals surface area contributed by atoms with Gasteiger partial charge in [-0.3, -0.25) is 10.8 Å². The lowest BCUT2D eigenvalue weighted by molar-refractivity contribution is 0.185. The number of rotatable bonds is 7. The Bertz CT molecular complexity index is 471. The third kappa shape index (κ3) is 3.98. The molecule has 5 nitrogen and oxygen atoms in total. The average molecular weight is 262 g/mol. The lowest BCUT2D eigenvalue weighted by Crippen LogP contribution is -2.20. The number of nitrogens with two attached hydrogens (primary N) is 2. The fourth-order valence-electron chi connectivity index (χ4n) is 1.86. The predicted octanol–water partition coefficient (Wildman–Crippen LogP) is 2.21. The van der Waals surface area contributed by atoms with Crippen molar-refractivity contribution >= 4 is 11.7 Å². The maximum Gasteiger partial charge on any atom is 0.130 e. The second-order valence-electron chi connectivity index (χ2n) is 4.48. The number of nitrogen functional groups attached to an aromatic ring is 2. The van der Waals surface area contributed by atoms with Crippen molar-refractivity contribution in [3.05, 3.63) is 29.3 Å². The fraction of sp³-hybridized carbons (Fsp3) is 0.429. The van der Waals surface area contributed by atoms with E-state index >= 15 is 0 Å². The van der Waals surface area contributed by atoms with E-state index in [1.165, 1.54) is 0 Å². The predicted molar refractivity (Wildman–Crippen MR) is 78.1 cm³/mol. The molecule has 1 aromatic carbocycles. The number of ether oxygens (including phenoxy) is 1. The van der Waals surface area contributed by atoms with Crippen LogP contribution in [-0.4, -0.2) is 17.8 Å². The van der Waals surface area contributed by atoms with Crippen molar-refractivity contribution < 1.29 is 4.74 Å². The molecule has 1 aromatic rings. The summed E-state index contributed by atoms with van der Waals surface area (Å²) in [5.74, 6) is 0.455. The van der Waals surface area contributed by atoms with Gasteiger partial charge in [-0.25, -0.2) is 0 Å². The monoisotopic (exact) mass is 262 g/mol. The van der Waals surface area contributed by atoms with E-state index in [1.807, 2.05) is 0 Å². The highest BCUT2D eigenvalue weighted by Crippen LogP contribution is 2.23. The molecule has 0 saturated carbocycles. The SMILES string of the molecule is CCCC(CC)Oc1ccc(C(=N)N)cc1C(=N)N. The van der Waals surface area contributed by atoms with Crippen LogP contribution in [0.3, 0.4) is 0 Å². The van der Waals surface area contributed by atoms with Gasteiger partial charge in [0.1, 0.15) is 17.4 Å². The van der Waals surface area contributed by atoms with Gasteiger partial charge in [-0.1, -0.05) is 20.3 Å². The van der Waals surface area contributed by atoms with E-state index < -0.39 is 0 Å². The first kappa shape index (κ1) is 15.0. The summed E-state index contributed by atoms with van der Waals surface area (Å²) in [5, 5.41) is 15.0. The first-order valence-corrected chi connectivity index (χ1v) is 6.49. The highest BCUT2D eigenvalue weighted by atomic mass is 16.5. The molecule has 0 aliphatic rings. The lowest BCUT2D eigenvalue weighted by atomic mass is 10.1. The fourth-order valence-corrected chi connectivity index (χ4v) is 1.86. The summed E-state index contributed by atoms with van der Waals surface area (Å²) in [7, 11) is 0. The van der Waals surface area contributed by atoms with Crippen LogP contribution in [0.15, 0.2) is 18.2 Å². The van der Waals surface area contributed by atoms with Crippen LogP contribution in [0.5, 0.6) is 5.75 Å². The minimum atomic E-state index is -0.0792. The lowest BCUT2D eigenvalue weighted by Gasteiger charge is -2.19. The first-order valence-electron chi connectivity index (χ1n) is 6.49. The maximum absolute atomic E-state index is 7.60. The summed E-state index contributed by atoms with van der Waals surface area (Å²) in [6, 6.07) is 5.06. The molecule has 1 rings (SSSR count). The molecule has 0 aliphatic carbocycles. The van der Waals surface area contributed by atoms with Crippen molar-refractivity contribution in [3.63, 3.8) is 0 Å². The summed E-state index contributed by atoms with van der Waals surface area (Å²) in [6.45, 7) is 4.18. The van der Waals surface area contributed by atoms with Crippen molar-refractivity contribution in [2.24, 2.45) is 11.5 Å². The Morgan fingerprint density at radius 1 is 1.21 bits per heavy atom. The molecule has 0 saturated heterocycles. The van der Waals surface area contributed by atoms with E-state index in [-0.39, 0.29) is 17.8 Å². The van der Waals surface area contributed by atoms with Crippen LogP contribution >= 0.6 is 0 Å². The summed E-state index contributed by atoms with van der Waals surface area (Å²) in [4.78, 5) is 0. The molecule has 0 bridgehead atoms. The summed E-state index contributed by atoms with van der Waals surface area (Å²) in [6.07, 6.45) is 3.02. The van der Waals surface area contributed by atoms with E-state index in [0.29, 0.717) is 16.9 Å². The minimum Gasteiger partial charge on any atom is -0.490 e. The Kier molecular flexibility index (Phi) is 5.36. The molecule has 0 spiro atoms. The van der Waals surface area contributed by atoms with Gasteiger partial charge < -0.3 is 16.2 Å². The van der Waals surface area contributed by atoms with Crippen molar-refractivity contribution in [2.75, 3.05) is 0 Å². The van der Waals surface area contributed by atoms with E-state index in [4.69, 9.17) is 27.0 Å². The quantitative estimate of drug-likeness (QED) is 0.446. The maximum atomic E-state index is 7.60. The van der Waals surface area contributed by atoms with Crippen LogP contribution < -0.4 is 16.2 Å². The van der Waals surface area contributed by atoms with E-state index in [0.717, 1.165) is 19.3 Å². The largest absolute Gasteiger partial charge is 0.490 e. The Balaban J connectivity index is 3.06. The van der Waals surface area contributed by atoms with Crippen molar-refractivity contribution in [1.82, 2.24) is 0 Å². The Hall–Kier alpha value is -2.04. The normalized spacial score (nSPS) is 11.9. The molecule has 0 aromatic heterocycles. The molecule has 104 valence electrons. The van der Waals surface area contributed by atoms with Crippen LogP contribution in [0.25, 0.3) is 0 Å². The van der Waals surface area contributed by atoms with Crippen LogP contribution in [-0.2, 0) is 0 Å². The van der Waals surface area contributed by atoms with Gasteiger partial charge in [0.15, 0.2) is 0 Å². The van der Waals surface area contributed by atoms with E-state index in [2.05, 4.69) is 13.8 Å². The average Bonchev–Trinajstić information content (AvgIpc) is 2.37. The smallest absolute Gasteiger partial charge is 0.130 e. The third-order valence-corrected chi connectivity index (χ3v) is 2.94. The number of benzene rings is 1. The van der Waals surface area contributed by atoms with Gasteiger partial charge in [-0.2, -0.15) is 0 Å². The second kappa shape index (κ2) is 6.78. The molecule has 0 fully saturated rings. The number of hydrogen-bond donors (Lipinski definition) is 4. The van der Waals surface area contributed by atoms with Crippen LogP contribution in [0.4, 0.5) is 0 Å². The number of amidine groups is 2. The Morgan fingerprint density at radius 2 is 1.89 bits per heavy atom. The van der Waals surface area contributed by atoms with Gasteiger partial charge in [-0.05, 0) is 31.0 Å². The standard InChI is InChI=1S/C14H22N4O/c1-3-5-10(4-2)19-12-7-6-9(13(15)16)8-11(12)14(17)18/h6-8,10H,3-5H2,1-2H3,(H3,15,16)(H3,17,18). The van der Waals surface area contributed by atoms with Gasteiger partial charge in [0.25, 0.3) is 0 Å². The molecule has 19 heavy (non-hydrogen) atoms. The molecule has 1 unspecified atom stereocenters. The summed E-state index contributed by atoms with van der Waals surface area (Å²) >= 11 is 0. The van der Waals surface area contributed by atoms with Crippen LogP contribution in [0.2, 0.25) is 0 Å². The molecular weight excluding hydrogens is 240 g/mol. The topological polar surface area (TPSA) is 109 Å². The molecule has 0 aliphatic heterocycles. The van der Waals surface area contributed by atoms with Gasteiger partial charge >= 0.3 is 0 Å². The zero-order valence-electron chi connectivity index (χ0n) is 11.5. The third-order valence-electron chi connectivity index (χ3n) is 2.94. The molecule has 1 atom stereocenters. The zero-order chi connectivity index (χ0) is 14.4. The van der Waals surface area contributed by atoms with Crippen molar-refractivity contribution in [3.8, 4) is 5.75 Å². The van der Waals surface area contributed by atoms with Crippen LogP contribution in [0, 0.1) is 10.8 Å². The van der Waals surface area contributed by atoms with Crippen molar-refractivity contribution in [1.29, 1.82) is 10.8 Å². The summed E-state index contributed by atoms with van der Waals surface area (Å²) in [5.41, 5.74) is 12.0. The van der Waals surface area contributed by atoms with E-state index in [1.54, 1.807) is 18.2 Å². The molecule has 5 heteroatoms. The van der Waals surface area contributed by atoms with Gasteiger partial charge in [-0.15, -0.1) is 0 Å². The number of hydrogen-bond acceptors (Lipinski definition) is 3.